The molecular weight excluding hydrogens is 160 g/mol. The van der Waals surface area contributed by atoms with E-state index in [2.05, 4.69) is 45.6 Å². The molecule has 0 aromatic carbocycles. The average Bonchev–Trinajstić information content (AvgIpc) is 2.02. The van der Waals surface area contributed by atoms with Crippen LogP contribution < -0.4 is 0 Å². The van der Waals surface area contributed by atoms with Crippen LogP contribution in [0.2, 0.25) is 0 Å². The van der Waals surface area contributed by atoms with Gasteiger partial charge in [0.2, 0.25) is 0 Å². The van der Waals surface area contributed by atoms with Crippen molar-refractivity contribution in [1.29, 1.82) is 5.26 Å². The van der Waals surface area contributed by atoms with Crippen LogP contribution in [0.1, 0.15) is 41.0 Å². The zero-order chi connectivity index (χ0) is 10.5. The zero-order valence-electron chi connectivity index (χ0n) is 9.59. The molecule has 0 spiro atoms. The van der Waals surface area contributed by atoms with Crippen molar-refractivity contribution >= 4 is 0 Å². The molecule has 2 heteroatoms. The van der Waals surface area contributed by atoms with Crippen LogP contribution in [0.15, 0.2) is 0 Å². The summed E-state index contributed by atoms with van der Waals surface area (Å²) in [4.78, 5) is 2.21. The molecule has 76 valence electrons. The Kier molecular flexibility index (Phi) is 5.02. The van der Waals surface area contributed by atoms with Gasteiger partial charge in [-0.1, -0.05) is 34.6 Å². The van der Waals surface area contributed by atoms with E-state index in [1.165, 1.54) is 0 Å². The molecule has 0 radical (unpaired) electrons. The van der Waals surface area contributed by atoms with Crippen molar-refractivity contribution < 1.29 is 0 Å². The molecule has 0 aliphatic heterocycles. The lowest BCUT2D eigenvalue weighted by Crippen LogP contribution is -2.36. The SMILES string of the molecule is CCN(CC)C(C#N)CC(C)(C)C. The Morgan fingerprint density at radius 2 is 1.69 bits per heavy atom. The Bertz CT molecular complexity index is 170. The van der Waals surface area contributed by atoms with Crippen LogP contribution >= 0.6 is 0 Å². The minimum atomic E-state index is 0.0787. The summed E-state index contributed by atoms with van der Waals surface area (Å²) in [6.07, 6.45) is 0.950. The minimum absolute atomic E-state index is 0.0787. The first-order valence-corrected chi connectivity index (χ1v) is 5.08. The van der Waals surface area contributed by atoms with E-state index in [1.807, 2.05) is 0 Å². The van der Waals surface area contributed by atoms with E-state index in [4.69, 9.17) is 5.26 Å². The van der Waals surface area contributed by atoms with E-state index in [9.17, 15) is 0 Å². The molecule has 0 saturated heterocycles. The van der Waals surface area contributed by atoms with E-state index < -0.39 is 0 Å². The summed E-state index contributed by atoms with van der Waals surface area (Å²) in [5.41, 5.74) is 0.239. The van der Waals surface area contributed by atoms with Gasteiger partial charge in [-0.15, -0.1) is 0 Å². The lowest BCUT2D eigenvalue weighted by Gasteiger charge is -2.29. The van der Waals surface area contributed by atoms with Crippen molar-refractivity contribution in [3.63, 3.8) is 0 Å². The van der Waals surface area contributed by atoms with Crippen LogP contribution in [0.4, 0.5) is 0 Å². The van der Waals surface area contributed by atoms with Gasteiger partial charge in [0.25, 0.3) is 0 Å². The second-order valence-electron chi connectivity index (χ2n) is 4.63. The molecule has 0 amide bonds. The molecule has 0 aliphatic rings. The summed E-state index contributed by atoms with van der Waals surface area (Å²) in [6.45, 7) is 12.7. The fourth-order valence-electron chi connectivity index (χ4n) is 1.50. The summed E-state index contributed by atoms with van der Waals surface area (Å²) in [5.74, 6) is 0. The van der Waals surface area contributed by atoms with E-state index in [0.29, 0.717) is 0 Å². The number of nitrogens with zero attached hydrogens (tertiary/aromatic N) is 2. The first-order valence-electron chi connectivity index (χ1n) is 5.08. The molecule has 2 nitrogen and oxygen atoms in total. The minimum Gasteiger partial charge on any atom is -0.289 e. The molecule has 0 fully saturated rings. The van der Waals surface area contributed by atoms with Gasteiger partial charge in [-0.25, -0.2) is 0 Å². The Balaban J connectivity index is 4.26. The van der Waals surface area contributed by atoms with Crippen LogP contribution in [-0.2, 0) is 0 Å². The number of nitriles is 1. The molecule has 0 aromatic rings. The predicted octanol–water partition coefficient (Wildman–Crippen LogP) is 2.66. The highest BCUT2D eigenvalue weighted by Crippen LogP contribution is 2.23. The fourth-order valence-corrected chi connectivity index (χ4v) is 1.50. The molecule has 0 saturated carbocycles. The first-order chi connectivity index (χ1) is 5.94. The number of hydrogen-bond donors (Lipinski definition) is 0. The molecule has 13 heavy (non-hydrogen) atoms. The molecule has 0 N–H and O–H groups in total. The Morgan fingerprint density at radius 3 is 1.92 bits per heavy atom. The quantitative estimate of drug-likeness (QED) is 0.668. The smallest absolute Gasteiger partial charge is 0.0982 e. The zero-order valence-corrected chi connectivity index (χ0v) is 9.59. The van der Waals surface area contributed by atoms with Crippen LogP contribution in [0, 0.1) is 16.7 Å². The van der Waals surface area contributed by atoms with Gasteiger partial charge in [0.1, 0.15) is 0 Å². The van der Waals surface area contributed by atoms with Gasteiger partial charge in [-0.2, -0.15) is 5.26 Å². The highest BCUT2D eigenvalue weighted by Gasteiger charge is 2.22. The lowest BCUT2D eigenvalue weighted by molar-refractivity contribution is 0.200. The highest BCUT2D eigenvalue weighted by molar-refractivity contribution is 4.93. The summed E-state index contributed by atoms with van der Waals surface area (Å²) >= 11 is 0. The lowest BCUT2D eigenvalue weighted by atomic mass is 9.88. The van der Waals surface area contributed by atoms with Crippen molar-refractivity contribution in [1.82, 2.24) is 4.90 Å². The van der Waals surface area contributed by atoms with E-state index in [-0.39, 0.29) is 11.5 Å². The standard InChI is InChI=1S/C11H22N2/c1-6-13(7-2)10(9-12)8-11(3,4)5/h10H,6-8H2,1-5H3. The fraction of sp³-hybridized carbons (Fsp3) is 0.909. The van der Waals surface area contributed by atoms with Crippen LogP contribution in [0.5, 0.6) is 0 Å². The predicted molar refractivity (Wildman–Crippen MR) is 56.4 cm³/mol. The molecule has 0 bridgehead atoms. The van der Waals surface area contributed by atoms with Gasteiger partial charge in [0, 0.05) is 0 Å². The van der Waals surface area contributed by atoms with Gasteiger partial charge < -0.3 is 0 Å². The third kappa shape index (κ3) is 4.90. The second-order valence-corrected chi connectivity index (χ2v) is 4.63. The topological polar surface area (TPSA) is 27.0 Å². The van der Waals surface area contributed by atoms with Crippen molar-refractivity contribution in [2.75, 3.05) is 13.1 Å². The first kappa shape index (κ1) is 12.4. The number of hydrogen-bond acceptors (Lipinski definition) is 2. The van der Waals surface area contributed by atoms with Crippen LogP contribution in [0.3, 0.4) is 0 Å². The maximum atomic E-state index is 9.03. The highest BCUT2D eigenvalue weighted by atomic mass is 15.1. The van der Waals surface area contributed by atoms with Crippen molar-refractivity contribution in [3.05, 3.63) is 0 Å². The summed E-state index contributed by atoms with van der Waals surface area (Å²) in [6, 6.07) is 2.47. The molecule has 0 aliphatic carbocycles. The summed E-state index contributed by atoms with van der Waals surface area (Å²) in [5, 5.41) is 9.03. The third-order valence-electron chi connectivity index (χ3n) is 2.21. The average molecular weight is 182 g/mol. The monoisotopic (exact) mass is 182 g/mol. The van der Waals surface area contributed by atoms with Crippen molar-refractivity contribution in [2.24, 2.45) is 5.41 Å². The van der Waals surface area contributed by atoms with Crippen molar-refractivity contribution in [3.8, 4) is 6.07 Å². The molecule has 1 unspecified atom stereocenters. The maximum absolute atomic E-state index is 9.03. The Hall–Kier alpha value is -0.550. The van der Waals surface area contributed by atoms with Gasteiger partial charge in [0.15, 0.2) is 0 Å². The van der Waals surface area contributed by atoms with Gasteiger partial charge >= 0.3 is 0 Å². The van der Waals surface area contributed by atoms with Gasteiger partial charge in [-0.3, -0.25) is 4.90 Å². The molecule has 0 aromatic heterocycles. The largest absolute Gasteiger partial charge is 0.289 e. The summed E-state index contributed by atoms with van der Waals surface area (Å²) in [7, 11) is 0. The molecular formula is C11H22N2. The van der Waals surface area contributed by atoms with Gasteiger partial charge in [-0.05, 0) is 24.9 Å². The Morgan fingerprint density at radius 1 is 1.23 bits per heavy atom. The Labute approximate surface area is 82.5 Å². The van der Waals surface area contributed by atoms with E-state index in [0.717, 1.165) is 19.5 Å². The number of rotatable bonds is 4. The third-order valence-corrected chi connectivity index (χ3v) is 2.21. The molecule has 0 heterocycles. The second kappa shape index (κ2) is 5.24. The molecule has 1 atom stereocenters. The van der Waals surface area contributed by atoms with Gasteiger partial charge in [0.05, 0.1) is 12.1 Å². The van der Waals surface area contributed by atoms with E-state index >= 15 is 0 Å². The van der Waals surface area contributed by atoms with Crippen molar-refractivity contribution in [2.45, 2.75) is 47.1 Å². The van der Waals surface area contributed by atoms with E-state index in [1.54, 1.807) is 0 Å². The summed E-state index contributed by atoms with van der Waals surface area (Å²) < 4.78 is 0. The normalized spacial score (nSPS) is 14.2. The van der Waals surface area contributed by atoms with Crippen LogP contribution in [-0.4, -0.2) is 24.0 Å². The molecule has 0 rings (SSSR count). The maximum Gasteiger partial charge on any atom is 0.0982 e. The van der Waals surface area contributed by atoms with Crippen LogP contribution in [0.25, 0.3) is 0 Å².